The number of hydrogen-bond donors (Lipinski definition) is 1. The highest BCUT2D eigenvalue weighted by Crippen LogP contribution is 2.15. The number of ether oxygens (including phenoxy) is 1. The smallest absolute Gasteiger partial charge is 0.331 e. The van der Waals surface area contributed by atoms with E-state index < -0.39 is 5.97 Å². The zero-order chi connectivity index (χ0) is 16.7. The lowest BCUT2D eigenvalue weighted by Crippen LogP contribution is -2.20. The van der Waals surface area contributed by atoms with Crippen LogP contribution < -0.4 is 10.2 Å². The summed E-state index contributed by atoms with van der Waals surface area (Å²) in [7, 11) is 3.88. The van der Waals surface area contributed by atoms with Gasteiger partial charge in [-0.1, -0.05) is 6.07 Å². The molecule has 23 heavy (non-hydrogen) atoms. The molecule has 0 saturated heterocycles. The minimum absolute atomic E-state index is 0.316. The molecule has 0 aliphatic heterocycles. The molecular weight excluding hydrogens is 312 g/mol. The van der Waals surface area contributed by atoms with E-state index in [1.807, 2.05) is 48.6 Å². The van der Waals surface area contributed by atoms with Crippen LogP contribution in [0.2, 0.25) is 0 Å². The molecule has 1 N–H and O–H groups in total. The number of benzene rings is 1. The van der Waals surface area contributed by atoms with Gasteiger partial charge < -0.3 is 15.0 Å². The fourth-order valence-electron chi connectivity index (χ4n) is 1.76. The second-order valence-corrected chi connectivity index (χ2v) is 5.93. The van der Waals surface area contributed by atoms with Crippen molar-refractivity contribution in [3.05, 3.63) is 52.7 Å². The van der Waals surface area contributed by atoms with Gasteiger partial charge in [0.2, 0.25) is 0 Å². The van der Waals surface area contributed by atoms with Gasteiger partial charge in [0.15, 0.2) is 6.61 Å². The van der Waals surface area contributed by atoms with Gasteiger partial charge >= 0.3 is 5.97 Å². The molecule has 0 radical (unpaired) electrons. The normalized spacial score (nSPS) is 10.5. The van der Waals surface area contributed by atoms with Crippen LogP contribution in [0.15, 0.2) is 47.9 Å². The van der Waals surface area contributed by atoms with Crippen LogP contribution in [0.5, 0.6) is 0 Å². The second-order valence-electron chi connectivity index (χ2n) is 4.95. The molecule has 1 aromatic carbocycles. The molecule has 0 unspecified atom stereocenters. The molecule has 0 atom stereocenters. The zero-order valence-electron chi connectivity index (χ0n) is 13.0. The zero-order valence-corrected chi connectivity index (χ0v) is 13.8. The molecule has 5 nitrogen and oxygen atoms in total. The van der Waals surface area contributed by atoms with E-state index in [0.29, 0.717) is 5.69 Å². The van der Waals surface area contributed by atoms with Gasteiger partial charge in [-0.05, 0) is 41.8 Å². The highest BCUT2D eigenvalue weighted by atomic mass is 32.1. The van der Waals surface area contributed by atoms with Crippen molar-refractivity contribution in [2.75, 3.05) is 30.9 Å². The van der Waals surface area contributed by atoms with E-state index in [4.69, 9.17) is 4.74 Å². The first-order valence-corrected chi connectivity index (χ1v) is 7.88. The Kier molecular flexibility index (Phi) is 5.94. The SMILES string of the molecule is CN(C)c1ccc(NC(=O)COC(=O)/C=C/c2cccs2)cc1. The molecule has 0 aliphatic rings. The summed E-state index contributed by atoms with van der Waals surface area (Å²) in [6.45, 7) is -0.316. The molecule has 2 aromatic rings. The van der Waals surface area contributed by atoms with Gasteiger partial charge in [-0.3, -0.25) is 4.79 Å². The van der Waals surface area contributed by atoms with Crippen LogP contribution in [0.4, 0.5) is 11.4 Å². The van der Waals surface area contributed by atoms with Crippen molar-refractivity contribution < 1.29 is 14.3 Å². The maximum atomic E-state index is 11.7. The Bertz CT molecular complexity index is 676. The summed E-state index contributed by atoms with van der Waals surface area (Å²) in [4.78, 5) is 26.2. The Hall–Kier alpha value is -2.60. The topological polar surface area (TPSA) is 58.6 Å². The van der Waals surface area contributed by atoms with E-state index in [0.717, 1.165) is 10.6 Å². The van der Waals surface area contributed by atoms with Crippen LogP contribution in [0.3, 0.4) is 0 Å². The van der Waals surface area contributed by atoms with Gasteiger partial charge in [-0.15, -0.1) is 11.3 Å². The van der Waals surface area contributed by atoms with Crippen LogP contribution in [0.1, 0.15) is 4.88 Å². The molecule has 120 valence electrons. The third-order valence-electron chi connectivity index (χ3n) is 2.94. The van der Waals surface area contributed by atoms with Gasteiger partial charge in [0.25, 0.3) is 5.91 Å². The van der Waals surface area contributed by atoms with E-state index in [9.17, 15) is 9.59 Å². The standard InChI is InChI=1S/C17H18N2O3S/c1-19(2)14-7-5-13(6-8-14)18-16(20)12-22-17(21)10-9-15-4-3-11-23-15/h3-11H,12H2,1-2H3,(H,18,20)/b10-9+. The van der Waals surface area contributed by atoms with Crippen LogP contribution in [0.25, 0.3) is 6.08 Å². The Morgan fingerprint density at radius 3 is 2.57 bits per heavy atom. The summed E-state index contributed by atoms with van der Waals surface area (Å²) in [5.74, 6) is -0.919. The van der Waals surface area contributed by atoms with Crippen molar-refractivity contribution >= 4 is 40.7 Å². The largest absolute Gasteiger partial charge is 0.452 e. The summed E-state index contributed by atoms with van der Waals surface area (Å²) < 4.78 is 4.89. The number of anilines is 2. The number of carbonyl (C=O) groups is 2. The van der Waals surface area contributed by atoms with Crippen molar-refractivity contribution in [3.8, 4) is 0 Å². The van der Waals surface area contributed by atoms with Crippen molar-refractivity contribution in [2.45, 2.75) is 0 Å². The second kappa shape index (κ2) is 8.14. The van der Waals surface area contributed by atoms with E-state index in [2.05, 4.69) is 5.32 Å². The summed E-state index contributed by atoms with van der Waals surface area (Å²) in [6, 6.07) is 11.2. The highest BCUT2D eigenvalue weighted by molar-refractivity contribution is 7.10. The number of nitrogens with one attached hydrogen (secondary N) is 1. The molecule has 6 heteroatoms. The summed E-state index contributed by atoms with van der Waals surface area (Å²) in [5, 5.41) is 4.59. The van der Waals surface area contributed by atoms with Crippen molar-refractivity contribution in [2.24, 2.45) is 0 Å². The summed E-state index contributed by atoms with van der Waals surface area (Å²) in [5.41, 5.74) is 1.69. The molecular formula is C17H18N2O3S. The maximum absolute atomic E-state index is 11.7. The number of carbonyl (C=O) groups excluding carboxylic acids is 2. The van der Waals surface area contributed by atoms with Gasteiger partial charge in [-0.2, -0.15) is 0 Å². The Labute approximate surface area is 139 Å². The minimum Gasteiger partial charge on any atom is -0.452 e. The molecule has 0 fully saturated rings. The van der Waals surface area contributed by atoms with Crippen molar-refractivity contribution in [1.29, 1.82) is 0 Å². The lowest BCUT2D eigenvalue weighted by molar-refractivity contribution is -0.142. The van der Waals surface area contributed by atoms with Gasteiger partial charge in [0.1, 0.15) is 0 Å². The first-order valence-electron chi connectivity index (χ1n) is 7.00. The first kappa shape index (κ1) is 16.8. The number of hydrogen-bond acceptors (Lipinski definition) is 5. The number of amides is 1. The maximum Gasteiger partial charge on any atom is 0.331 e. The summed E-state index contributed by atoms with van der Waals surface area (Å²) in [6.07, 6.45) is 2.97. The van der Waals surface area contributed by atoms with E-state index in [-0.39, 0.29) is 12.5 Å². The fourth-order valence-corrected chi connectivity index (χ4v) is 2.38. The quantitative estimate of drug-likeness (QED) is 0.653. The Balaban J connectivity index is 1.77. The first-order chi connectivity index (χ1) is 11.0. The number of rotatable bonds is 6. The van der Waals surface area contributed by atoms with Crippen LogP contribution in [-0.4, -0.2) is 32.6 Å². The summed E-state index contributed by atoms with van der Waals surface area (Å²) >= 11 is 1.52. The molecule has 0 saturated carbocycles. The van der Waals surface area contributed by atoms with Crippen LogP contribution in [-0.2, 0) is 14.3 Å². The Morgan fingerprint density at radius 2 is 1.96 bits per heavy atom. The van der Waals surface area contributed by atoms with Gasteiger partial charge in [0.05, 0.1) is 0 Å². The predicted molar refractivity (Wildman–Crippen MR) is 93.7 cm³/mol. The average molecular weight is 330 g/mol. The average Bonchev–Trinajstić information content (AvgIpc) is 3.05. The lowest BCUT2D eigenvalue weighted by Gasteiger charge is -2.13. The molecule has 0 aliphatic carbocycles. The van der Waals surface area contributed by atoms with Gasteiger partial charge in [-0.25, -0.2) is 4.79 Å². The number of esters is 1. The van der Waals surface area contributed by atoms with E-state index >= 15 is 0 Å². The predicted octanol–water partition coefficient (Wildman–Crippen LogP) is 3.01. The Morgan fingerprint density at radius 1 is 1.22 bits per heavy atom. The van der Waals surface area contributed by atoms with Crippen molar-refractivity contribution in [3.63, 3.8) is 0 Å². The fraction of sp³-hybridized carbons (Fsp3) is 0.176. The molecule has 0 bridgehead atoms. The van der Waals surface area contributed by atoms with Gasteiger partial charge in [0, 0.05) is 36.4 Å². The van der Waals surface area contributed by atoms with E-state index in [1.54, 1.807) is 18.2 Å². The number of nitrogens with zero attached hydrogens (tertiary/aromatic N) is 1. The third-order valence-corrected chi connectivity index (χ3v) is 3.78. The lowest BCUT2D eigenvalue weighted by atomic mass is 10.2. The monoisotopic (exact) mass is 330 g/mol. The number of thiophene rings is 1. The molecule has 2 rings (SSSR count). The molecule has 1 amide bonds. The van der Waals surface area contributed by atoms with E-state index in [1.165, 1.54) is 17.4 Å². The van der Waals surface area contributed by atoms with Crippen molar-refractivity contribution in [1.82, 2.24) is 0 Å². The highest BCUT2D eigenvalue weighted by Gasteiger charge is 2.06. The van der Waals surface area contributed by atoms with Crippen LogP contribution >= 0.6 is 11.3 Å². The molecule has 1 heterocycles. The third kappa shape index (κ3) is 5.60. The minimum atomic E-state index is -0.545. The molecule has 1 aromatic heterocycles. The van der Waals surface area contributed by atoms with Crippen LogP contribution in [0, 0.1) is 0 Å². The molecule has 0 spiro atoms.